The third kappa shape index (κ3) is 3.88. The van der Waals surface area contributed by atoms with Crippen molar-refractivity contribution in [3.05, 3.63) is 34.1 Å². The molecule has 0 saturated carbocycles. The van der Waals surface area contributed by atoms with Gasteiger partial charge in [-0.15, -0.1) is 10.2 Å². The van der Waals surface area contributed by atoms with E-state index in [1.807, 2.05) is 25.1 Å². The molecule has 1 aromatic carbocycles. The summed E-state index contributed by atoms with van der Waals surface area (Å²) in [6.07, 6.45) is 1.82. The molecule has 0 aliphatic carbocycles. The predicted molar refractivity (Wildman–Crippen MR) is 79.0 cm³/mol. The van der Waals surface area contributed by atoms with Gasteiger partial charge in [0.2, 0.25) is 11.8 Å². The molecule has 0 aliphatic rings. The van der Waals surface area contributed by atoms with E-state index in [4.69, 9.17) is 4.42 Å². The van der Waals surface area contributed by atoms with Crippen LogP contribution in [-0.2, 0) is 6.42 Å². The molecule has 1 aromatic heterocycles. The minimum absolute atomic E-state index is 0.583. The van der Waals surface area contributed by atoms with E-state index < -0.39 is 0 Å². The molecule has 0 unspecified atom stereocenters. The lowest BCUT2D eigenvalue weighted by Crippen LogP contribution is -2.14. The van der Waals surface area contributed by atoms with E-state index in [2.05, 4.69) is 38.4 Å². The zero-order valence-corrected chi connectivity index (χ0v) is 12.8. The Hall–Kier alpha value is -1.20. The summed E-state index contributed by atoms with van der Waals surface area (Å²) in [7, 11) is 0. The van der Waals surface area contributed by atoms with Crippen LogP contribution < -0.4 is 5.32 Å². The first-order valence-electron chi connectivity index (χ1n) is 6.50. The second-order valence-electron chi connectivity index (χ2n) is 4.42. The van der Waals surface area contributed by atoms with Gasteiger partial charge in [-0.1, -0.05) is 28.9 Å². The van der Waals surface area contributed by atoms with Gasteiger partial charge in [0.1, 0.15) is 0 Å². The smallest absolute Gasteiger partial charge is 0.247 e. The molecule has 2 aromatic rings. The van der Waals surface area contributed by atoms with Crippen molar-refractivity contribution in [3.8, 4) is 11.5 Å². The number of nitrogens with zero attached hydrogens (tertiary/aromatic N) is 2. The van der Waals surface area contributed by atoms with Gasteiger partial charge in [0, 0.05) is 16.5 Å². The number of aryl methyl sites for hydroxylation is 2. The number of aromatic nitrogens is 2. The molecule has 0 radical (unpaired) electrons. The molecule has 102 valence electrons. The van der Waals surface area contributed by atoms with E-state index >= 15 is 0 Å². The summed E-state index contributed by atoms with van der Waals surface area (Å²) in [6, 6.07) is 6.04. The van der Waals surface area contributed by atoms with Crippen LogP contribution in [0.15, 0.2) is 27.1 Å². The molecule has 0 fully saturated rings. The summed E-state index contributed by atoms with van der Waals surface area (Å²) in [5.74, 6) is 1.28. The van der Waals surface area contributed by atoms with Crippen molar-refractivity contribution >= 4 is 15.9 Å². The van der Waals surface area contributed by atoms with Crippen molar-refractivity contribution in [3.63, 3.8) is 0 Å². The highest BCUT2D eigenvalue weighted by Gasteiger charge is 2.09. The Kier molecular flexibility index (Phi) is 5.10. The molecule has 4 nitrogen and oxygen atoms in total. The summed E-state index contributed by atoms with van der Waals surface area (Å²) in [4.78, 5) is 0. The van der Waals surface area contributed by atoms with Crippen molar-refractivity contribution in [2.45, 2.75) is 26.7 Å². The van der Waals surface area contributed by atoms with E-state index in [0.29, 0.717) is 11.8 Å². The standard InChI is InChI=1S/C14H18BrN3O/c1-3-16-8-4-5-13-17-18-14(19-13)11-7-6-10(2)12(15)9-11/h6-7,9,16H,3-5,8H2,1-2H3. The number of hydrogen-bond acceptors (Lipinski definition) is 4. The van der Waals surface area contributed by atoms with Crippen molar-refractivity contribution in [1.82, 2.24) is 15.5 Å². The molecule has 0 saturated heterocycles. The number of nitrogens with one attached hydrogen (secondary N) is 1. The third-order valence-electron chi connectivity index (χ3n) is 2.88. The summed E-state index contributed by atoms with van der Waals surface area (Å²) < 4.78 is 6.73. The molecule has 0 bridgehead atoms. The SMILES string of the molecule is CCNCCCc1nnc(-c2ccc(C)c(Br)c2)o1. The Morgan fingerprint density at radius 3 is 2.89 bits per heavy atom. The second-order valence-corrected chi connectivity index (χ2v) is 5.28. The highest BCUT2D eigenvalue weighted by Crippen LogP contribution is 2.24. The van der Waals surface area contributed by atoms with E-state index in [1.54, 1.807) is 0 Å². The summed E-state index contributed by atoms with van der Waals surface area (Å²) >= 11 is 3.51. The van der Waals surface area contributed by atoms with E-state index in [1.165, 1.54) is 5.56 Å². The maximum atomic E-state index is 5.67. The summed E-state index contributed by atoms with van der Waals surface area (Å²) in [5, 5.41) is 11.5. The van der Waals surface area contributed by atoms with Crippen LogP contribution >= 0.6 is 15.9 Å². The average Bonchev–Trinajstić information content (AvgIpc) is 2.87. The minimum atomic E-state index is 0.583. The number of benzene rings is 1. The van der Waals surface area contributed by atoms with Gasteiger partial charge in [-0.25, -0.2) is 0 Å². The van der Waals surface area contributed by atoms with Crippen LogP contribution in [0.1, 0.15) is 24.8 Å². The fourth-order valence-corrected chi connectivity index (χ4v) is 2.12. The summed E-state index contributed by atoms with van der Waals surface area (Å²) in [5.41, 5.74) is 2.14. The normalized spacial score (nSPS) is 10.9. The molecule has 19 heavy (non-hydrogen) atoms. The average molecular weight is 324 g/mol. The molecule has 1 N–H and O–H groups in total. The second kappa shape index (κ2) is 6.82. The zero-order chi connectivity index (χ0) is 13.7. The predicted octanol–water partition coefficient (Wildman–Crippen LogP) is 3.35. The highest BCUT2D eigenvalue weighted by molar-refractivity contribution is 9.10. The Balaban J connectivity index is 2.01. The van der Waals surface area contributed by atoms with Gasteiger partial charge >= 0.3 is 0 Å². The van der Waals surface area contributed by atoms with Crippen molar-refractivity contribution in [2.24, 2.45) is 0 Å². The third-order valence-corrected chi connectivity index (χ3v) is 3.73. The quantitative estimate of drug-likeness (QED) is 0.828. The van der Waals surface area contributed by atoms with Crippen molar-refractivity contribution < 1.29 is 4.42 Å². The molecule has 0 spiro atoms. The first-order valence-corrected chi connectivity index (χ1v) is 7.29. The van der Waals surface area contributed by atoms with Gasteiger partial charge in [-0.2, -0.15) is 0 Å². The highest BCUT2D eigenvalue weighted by atomic mass is 79.9. The zero-order valence-electron chi connectivity index (χ0n) is 11.2. The Morgan fingerprint density at radius 2 is 2.16 bits per heavy atom. The molecule has 5 heteroatoms. The van der Waals surface area contributed by atoms with Crippen LogP contribution in [0.2, 0.25) is 0 Å². The molecule has 0 amide bonds. The molecule has 0 atom stereocenters. The van der Waals surface area contributed by atoms with Gasteiger partial charge in [-0.05, 0) is 44.1 Å². The first kappa shape index (κ1) is 14.2. The topological polar surface area (TPSA) is 51.0 Å². The Labute approximate surface area is 121 Å². The van der Waals surface area contributed by atoms with Gasteiger partial charge in [0.15, 0.2) is 0 Å². The Morgan fingerprint density at radius 1 is 1.32 bits per heavy atom. The fraction of sp³-hybridized carbons (Fsp3) is 0.429. The van der Waals surface area contributed by atoms with Crippen LogP contribution in [0.4, 0.5) is 0 Å². The molecule has 1 heterocycles. The van der Waals surface area contributed by atoms with Crippen molar-refractivity contribution in [1.29, 1.82) is 0 Å². The molecular formula is C14H18BrN3O. The lowest BCUT2D eigenvalue weighted by molar-refractivity contribution is 0.492. The van der Waals surface area contributed by atoms with Gasteiger partial charge in [-0.3, -0.25) is 0 Å². The number of rotatable bonds is 6. The Bertz CT molecular complexity index is 539. The maximum Gasteiger partial charge on any atom is 0.247 e. The van der Waals surface area contributed by atoms with Gasteiger partial charge in [0.25, 0.3) is 0 Å². The van der Waals surface area contributed by atoms with Crippen LogP contribution in [0.25, 0.3) is 11.5 Å². The van der Waals surface area contributed by atoms with Crippen LogP contribution in [0, 0.1) is 6.92 Å². The van der Waals surface area contributed by atoms with E-state index in [9.17, 15) is 0 Å². The monoisotopic (exact) mass is 323 g/mol. The maximum absolute atomic E-state index is 5.67. The van der Waals surface area contributed by atoms with Crippen molar-refractivity contribution in [2.75, 3.05) is 13.1 Å². The molecule has 2 rings (SSSR count). The minimum Gasteiger partial charge on any atom is -0.421 e. The number of hydrogen-bond donors (Lipinski definition) is 1. The molecule has 0 aliphatic heterocycles. The van der Waals surface area contributed by atoms with Gasteiger partial charge < -0.3 is 9.73 Å². The van der Waals surface area contributed by atoms with E-state index in [0.717, 1.165) is 36.0 Å². The van der Waals surface area contributed by atoms with Crippen LogP contribution in [0.3, 0.4) is 0 Å². The summed E-state index contributed by atoms with van der Waals surface area (Å²) in [6.45, 7) is 6.12. The lowest BCUT2D eigenvalue weighted by Gasteiger charge is -2.00. The first-order chi connectivity index (χ1) is 9.20. The largest absolute Gasteiger partial charge is 0.421 e. The van der Waals surface area contributed by atoms with Gasteiger partial charge in [0.05, 0.1) is 0 Å². The molecular weight excluding hydrogens is 306 g/mol. The number of halogens is 1. The lowest BCUT2D eigenvalue weighted by atomic mass is 10.1. The fourth-order valence-electron chi connectivity index (χ4n) is 1.74. The van der Waals surface area contributed by atoms with Crippen LogP contribution in [0.5, 0.6) is 0 Å². The van der Waals surface area contributed by atoms with E-state index in [-0.39, 0.29) is 0 Å². The van der Waals surface area contributed by atoms with Crippen LogP contribution in [-0.4, -0.2) is 23.3 Å².